The monoisotopic (exact) mass is 315 g/mol. The molecule has 0 amide bonds. The molecule has 0 bridgehead atoms. The van der Waals surface area contributed by atoms with Crippen LogP contribution in [0.3, 0.4) is 0 Å². The van der Waals surface area contributed by atoms with E-state index >= 15 is 0 Å². The van der Waals surface area contributed by atoms with Crippen molar-refractivity contribution in [2.24, 2.45) is 5.92 Å². The Morgan fingerprint density at radius 2 is 2.00 bits per heavy atom. The third-order valence-corrected chi connectivity index (χ3v) is 6.10. The van der Waals surface area contributed by atoms with Gasteiger partial charge in [-0.05, 0) is 56.7 Å². The van der Waals surface area contributed by atoms with Crippen molar-refractivity contribution in [3.05, 3.63) is 0 Å². The van der Waals surface area contributed by atoms with Crippen LogP contribution in [-0.4, -0.2) is 49.5 Å². The summed E-state index contributed by atoms with van der Waals surface area (Å²) in [4.78, 5) is 0. The van der Waals surface area contributed by atoms with Crippen LogP contribution in [0, 0.1) is 5.92 Å². The van der Waals surface area contributed by atoms with Crippen molar-refractivity contribution >= 4 is 11.8 Å². The highest BCUT2D eigenvalue weighted by Crippen LogP contribution is 2.38. The van der Waals surface area contributed by atoms with E-state index in [4.69, 9.17) is 9.47 Å². The van der Waals surface area contributed by atoms with Crippen molar-refractivity contribution in [3.8, 4) is 0 Å². The Kier molecular flexibility index (Phi) is 7.86. The van der Waals surface area contributed by atoms with Crippen LogP contribution in [0.25, 0.3) is 0 Å². The molecule has 0 saturated carbocycles. The van der Waals surface area contributed by atoms with Crippen LogP contribution in [-0.2, 0) is 9.47 Å². The van der Waals surface area contributed by atoms with Gasteiger partial charge in [0, 0.05) is 31.6 Å². The Hall–Kier alpha value is 0.230. The van der Waals surface area contributed by atoms with Crippen LogP contribution in [0.1, 0.15) is 52.4 Å². The van der Waals surface area contributed by atoms with E-state index in [1.54, 1.807) is 0 Å². The molecule has 0 radical (unpaired) electrons. The second-order valence-corrected chi connectivity index (χ2v) is 7.68. The lowest BCUT2D eigenvalue weighted by atomic mass is 9.78. The summed E-state index contributed by atoms with van der Waals surface area (Å²) in [5, 5.41) is 3.81. The van der Waals surface area contributed by atoms with Crippen molar-refractivity contribution in [1.29, 1.82) is 0 Å². The summed E-state index contributed by atoms with van der Waals surface area (Å²) in [6, 6.07) is 0.658. The topological polar surface area (TPSA) is 30.5 Å². The minimum absolute atomic E-state index is 0.128. The Morgan fingerprint density at radius 1 is 1.19 bits per heavy atom. The highest BCUT2D eigenvalue weighted by atomic mass is 32.2. The van der Waals surface area contributed by atoms with E-state index in [0.717, 1.165) is 45.1 Å². The zero-order valence-electron chi connectivity index (χ0n) is 13.9. The molecule has 3 nitrogen and oxygen atoms in total. The maximum atomic E-state index is 6.20. The Bertz CT molecular complexity index is 276. The summed E-state index contributed by atoms with van der Waals surface area (Å²) >= 11 is 2.11. The van der Waals surface area contributed by atoms with Gasteiger partial charge in [0.1, 0.15) is 0 Å². The molecule has 124 valence electrons. The third kappa shape index (κ3) is 5.42. The first-order valence-corrected chi connectivity index (χ1v) is 9.98. The summed E-state index contributed by atoms with van der Waals surface area (Å²) in [6.45, 7) is 8.37. The van der Waals surface area contributed by atoms with Crippen molar-refractivity contribution in [2.45, 2.75) is 64.0 Å². The van der Waals surface area contributed by atoms with E-state index in [1.165, 1.54) is 37.2 Å². The molecule has 2 aliphatic heterocycles. The van der Waals surface area contributed by atoms with Gasteiger partial charge < -0.3 is 14.8 Å². The lowest BCUT2D eigenvalue weighted by molar-refractivity contribution is -0.149. The highest BCUT2D eigenvalue weighted by molar-refractivity contribution is 7.99. The van der Waals surface area contributed by atoms with E-state index in [1.807, 2.05) is 0 Å². The van der Waals surface area contributed by atoms with E-state index in [9.17, 15) is 0 Å². The van der Waals surface area contributed by atoms with Gasteiger partial charge in [0.2, 0.25) is 0 Å². The van der Waals surface area contributed by atoms with Crippen LogP contribution in [0.2, 0.25) is 0 Å². The maximum absolute atomic E-state index is 6.20. The first kappa shape index (κ1) is 17.6. The molecular weight excluding hydrogens is 282 g/mol. The van der Waals surface area contributed by atoms with Crippen molar-refractivity contribution in [1.82, 2.24) is 5.32 Å². The standard InChI is InChI=1S/C17H33NO2S/c1-3-8-18-16(14-21-12-4-2)15-5-9-20-17(13-15)6-10-19-11-7-17/h15-16,18H,3-14H2,1-2H3. The van der Waals surface area contributed by atoms with Crippen LogP contribution in [0.5, 0.6) is 0 Å². The lowest BCUT2D eigenvalue weighted by Crippen LogP contribution is -2.50. The molecule has 2 saturated heterocycles. The molecule has 1 spiro atoms. The van der Waals surface area contributed by atoms with Crippen LogP contribution in [0.15, 0.2) is 0 Å². The molecule has 0 aromatic carbocycles. The molecule has 2 fully saturated rings. The fraction of sp³-hybridized carbons (Fsp3) is 1.00. The lowest BCUT2D eigenvalue weighted by Gasteiger charge is -2.45. The molecule has 0 aliphatic carbocycles. The van der Waals surface area contributed by atoms with Gasteiger partial charge in [-0.2, -0.15) is 11.8 Å². The first-order valence-electron chi connectivity index (χ1n) is 8.82. The number of nitrogens with one attached hydrogen (secondary N) is 1. The Morgan fingerprint density at radius 3 is 2.71 bits per heavy atom. The summed E-state index contributed by atoms with van der Waals surface area (Å²) < 4.78 is 11.7. The van der Waals surface area contributed by atoms with Crippen LogP contribution < -0.4 is 5.32 Å². The van der Waals surface area contributed by atoms with E-state index in [0.29, 0.717) is 6.04 Å². The van der Waals surface area contributed by atoms with Crippen molar-refractivity contribution in [3.63, 3.8) is 0 Å². The molecule has 0 aromatic heterocycles. The molecule has 21 heavy (non-hydrogen) atoms. The van der Waals surface area contributed by atoms with Crippen molar-refractivity contribution < 1.29 is 9.47 Å². The molecule has 2 atom stereocenters. The van der Waals surface area contributed by atoms with Gasteiger partial charge in [0.25, 0.3) is 0 Å². The first-order chi connectivity index (χ1) is 10.3. The minimum Gasteiger partial charge on any atom is -0.381 e. The number of ether oxygens (including phenoxy) is 2. The van der Waals surface area contributed by atoms with Gasteiger partial charge in [-0.3, -0.25) is 0 Å². The largest absolute Gasteiger partial charge is 0.381 e. The van der Waals surface area contributed by atoms with Gasteiger partial charge >= 0.3 is 0 Å². The molecule has 0 aromatic rings. The maximum Gasteiger partial charge on any atom is 0.0729 e. The number of rotatable bonds is 8. The fourth-order valence-electron chi connectivity index (χ4n) is 3.55. The average molecular weight is 316 g/mol. The van der Waals surface area contributed by atoms with E-state index in [-0.39, 0.29) is 5.60 Å². The quantitative estimate of drug-likeness (QED) is 0.695. The molecule has 4 heteroatoms. The van der Waals surface area contributed by atoms with Gasteiger partial charge in [-0.25, -0.2) is 0 Å². The summed E-state index contributed by atoms with van der Waals surface area (Å²) in [5.74, 6) is 3.31. The Balaban J connectivity index is 1.90. The third-order valence-electron chi connectivity index (χ3n) is 4.81. The van der Waals surface area contributed by atoms with E-state index < -0.39 is 0 Å². The molecule has 1 N–H and O–H groups in total. The highest BCUT2D eigenvalue weighted by Gasteiger charge is 2.41. The van der Waals surface area contributed by atoms with Crippen LogP contribution >= 0.6 is 11.8 Å². The van der Waals surface area contributed by atoms with Gasteiger partial charge in [-0.15, -0.1) is 0 Å². The molecule has 2 unspecified atom stereocenters. The van der Waals surface area contributed by atoms with Gasteiger partial charge in [0.05, 0.1) is 5.60 Å². The van der Waals surface area contributed by atoms with Gasteiger partial charge in [0.15, 0.2) is 0 Å². The Labute approximate surface area is 134 Å². The number of hydrogen-bond acceptors (Lipinski definition) is 4. The van der Waals surface area contributed by atoms with Gasteiger partial charge in [-0.1, -0.05) is 13.8 Å². The SMILES string of the molecule is CCCNC(CSCCC)C1CCOC2(CCOCC2)C1. The predicted octanol–water partition coefficient (Wildman–Crippen LogP) is 3.47. The zero-order valence-corrected chi connectivity index (χ0v) is 14.7. The molecular formula is C17H33NO2S. The van der Waals surface area contributed by atoms with Crippen LogP contribution in [0.4, 0.5) is 0 Å². The summed E-state index contributed by atoms with van der Waals surface area (Å²) in [5.41, 5.74) is 0.128. The van der Waals surface area contributed by atoms with Crippen molar-refractivity contribution in [2.75, 3.05) is 37.9 Å². The predicted molar refractivity (Wildman–Crippen MR) is 91.2 cm³/mol. The zero-order chi connectivity index (χ0) is 15.0. The average Bonchev–Trinajstić information content (AvgIpc) is 2.51. The summed E-state index contributed by atoms with van der Waals surface area (Å²) in [6.07, 6.45) is 7.12. The second kappa shape index (κ2) is 9.39. The second-order valence-electron chi connectivity index (χ2n) is 6.53. The normalized spacial score (nSPS) is 26.9. The minimum atomic E-state index is 0.128. The smallest absolute Gasteiger partial charge is 0.0729 e. The number of hydrogen-bond donors (Lipinski definition) is 1. The molecule has 2 heterocycles. The fourth-order valence-corrected chi connectivity index (χ4v) is 4.65. The molecule has 2 rings (SSSR count). The van der Waals surface area contributed by atoms with E-state index in [2.05, 4.69) is 30.9 Å². The number of thioether (sulfide) groups is 1. The molecule has 2 aliphatic rings. The summed E-state index contributed by atoms with van der Waals surface area (Å²) in [7, 11) is 0.